The van der Waals surface area contributed by atoms with Gasteiger partial charge in [-0.15, -0.1) is 0 Å². The minimum Gasteiger partial charge on any atom is -0.458 e. The molecule has 4 nitrogen and oxygen atoms in total. The number of benzene rings is 1. The fourth-order valence-electron chi connectivity index (χ4n) is 2.35. The molecular weight excluding hydrogens is 307 g/mol. The van der Waals surface area contributed by atoms with Gasteiger partial charge in [0, 0.05) is 24.0 Å². The number of ether oxygens (including phenoxy) is 1. The van der Waals surface area contributed by atoms with Crippen LogP contribution in [0.1, 0.15) is 16.7 Å². The number of pyridine rings is 1. The molecule has 0 atom stereocenters. The molecule has 0 aliphatic carbocycles. The van der Waals surface area contributed by atoms with E-state index in [1.807, 2.05) is 28.8 Å². The maximum absolute atomic E-state index is 12.8. The Hall–Kier alpha value is -3.39. The molecule has 0 unspecified atom stereocenters. The number of carbonyl (C=O) groups excluding carboxylic acids is 1. The van der Waals surface area contributed by atoms with Crippen LogP contribution in [0.25, 0.3) is 11.6 Å². The van der Waals surface area contributed by atoms with Crippen LogP contribution in [0.15, 0.2) is 60.9 Å². The predicted octanol–water partition coefficient (Wildman–Crippen LogP) is 3.71. The normalized spacial score (nSPS) is 10.8. The summed E-state index contributed by atoms with van der Waals surface area (Å²) in [4.78, 5) is 11.8. The zero-order chi connectivity index (χ0) is 16.9. The lowest BCUT2D eigenvalue weighted by Gasteiger charge is -2.00. The predicted molar refractivity (Wildman–Crippen MR) is 87.3 cm³/mol. The van der Waals surface area contributed by atoms with Crippen molar-refractivity contribution in [3.8, 4) is 6.07 Å². The topological polar surface area (TPSA) is 54.5 Å². The molecule has 1 aromatic carbocycles. The van der Waals surface area contributed by atoms with Crippen molar-refractivity contribution in [1.82, 2.24) is 4.40 Å². The number of nitriles is 1. The van der Waals surface area contributed by atoms with Crippen LogP contribution >= 0.6 is 0 Å². The van der Waals surface area contributed by atoms with E-state index in [0.29, 0.717) is 16.7 Å². The van der Waals surface area contributed by atoms with Crippen LogP contribution in [-0.2, 0) is 16.1 Å². The third kappa shape index (κ3) is 3.33. The molecule has 24 heavy (non-hydrogen) atoms. The summed E-state index contributed by atoms with van der Waals surface area (Å²) in [5.74, 6) is -0.863. The quantitative estimate of drug-likeness (QED) is 0.544. The Bertz CT molecular complexity index is 950. The Balaban J connectivity index is 1.68. The third-order valence-electron chi connectivity index (χ3n) is 3.53. The van der Waals surface area contributed by atoms with E-state index in [4.69, 9.17) is 4.74 Å². The van der Waals surface area contributed by atoms with Crippen molar-refractivity contribution in [3.63, 3.8) is 0 Å². The summed E-state index contributed by atoms with van der Waals surface area (Å²) in [7, 11) is 0. The van der Waals surface area contributed by atoms with Crippen LogP contribution < -0.4 is 0 Å². The van der Waals surface area contributed by atoms with Crippen LogP contribution in [0.2, 0.25) is 0 Å². The molecule has 0 aliphatic rings. The fraction of sp³-hybridized carbons (Fsp3) is 0.0526. The number of carbonyl (C=O) groups is 1. The molecule has 5 heteroatoms. The van der Waals surface area contributed by atoms with Gasteiger partial charge >= 0.3 is 5.97 Å². The Labute approximate surface area is 138 Å². The number of rotatable bonds is 4. The molecule has 3 aromatic rings. The standard InChI is InChI=1S/C19H13FN2O2/c20-16-7-4-14(5-8-16)6-9-19(23)24-13-15-12-22-10-2-1-3-18(22)17(15)11-21/h1-10,12H,13H2/b9-6-. The number of fused-ring (bicyclic) bond motifs is 1. The van der Waals surface area contributed by atoms with Crippen LogP contribution in [0, 0.1) is 17.1 Å². The third-order valence-corrected chi connectivity index (χ3v) is 3.53. The van der Waals surface area contributed by atoms with Crippen LogP contribution in [0.4, 0.5) is 4.39 Å². The van der Waals surface area contributed by atoms with Gasteiger partial charge in [0.25, 0.3) is 0 Å². The summed E-state index contributed by atoms with van der Waals surface area (Å²) in [6.07, 6.45) is 6.42. The minimum absolute atomic E-state index is 0.0111. The highest BCUT2D eigenvalue weighted by atomic mass is 19.1. The summed E-state index contributed by atoms with van der Waals surface area (Å²) >= 11 is 0. The van der Waals surface area contributed by atoms with Gasteiger partial charge in [-0.05, 0) is 35.9 Å². The molecule has 0 fully saturated rings. The van der Waals surface area contributed by atoms with Crippen molar-refractivity contribution in [1.29, 1.82) is 5.26 Å². The van der Waals surface area contributed by atoms with Crippen LogP contribution in [0.3, 0.4) is 0 Å². The first-order chi connectivity index (χ1) is 11.7. The van der Waals surface area contributed by atoms with Gasteiger partial charge < -0.3 is 9.14 Å². The molecule has 0 spiro atoms. The first kappa shape index (κ1) is 15.5. The Morgan fingerprint density at radius 1 is 1.25 bits per heavy atom. The second-order valence-corrected chi connectivity index (χ2v) is 5.13. The number of esters is 1. The summed E-state index contributed by atoms with van der Waals surface area (Å²) < 4.78 is 19.8. The van der Waals surface area contributed by atoms with E-state index >= 15 is 0 Å². The smallest absolute Gasteiger partial charge is 0.331 e. The fourth-order valence-corrected chi connectivity index (χ4v) is 2.35. The highest BCUT2D eigenvalue weighted by molar-refractivity contribution is 5.87. The Morgan fingerprint density at radius 2 is 2.04 bits per heavy atom. The minimum atomic E-state index is -0.529. The maximum atomic E-state index is 12.8. The lowest BCUT2D eigenvalue weighted by atomic mass is 10.2. The summed E-state index contributed by atoms with van der Waals surface area (Å²) in [5.41, 5.74) is 2.60. The number of aromatic nitrogens is 1. The largest absolute Gasteiger partial charge is 0.458 e. The van der Waals surface area contributed by atoms with Gasteiger partial charge in [0.05, 0.1) is 11.1 Å². The van der Waals surface area contributed by atoms with E-state index in [1.165, 1.54) is 18.2 Å². The molecule has 118 valence electrons. The number of halogens is 1. The molecule has 3 rings (SSSR count). The van der Waals surface area contributed by atoms with Gasteiger partial charge in [-0.25, -0.2) is 9.18 Å². The lowest BCUT2D eigenvalue weighted by Crippen LogP contribution is -2.01. The maximum Gasteiger partial charge on any atom is 0.331 e. The van der Waals surface area contributed by atoms with Crippen molar-refractivity contribution >= 4 is 17.6 Å². The zero-order valence-corrected chi connectivity index (χ0v) is 12.6. The molecular formula is C19H13FN2O2. The van der Waals surface area contributed by atoms with Gasteiger partial charge in [0.1, 0.15) is 18.5 Å². The van der Waals surface area contributed by atoms with Gasteiger partial charge in [0.2, 0.25) is 0 Å². The van der Waals surface area contributed by atoms with E-state index in [2.05, 4.69) is 6.07 Å². The Kier molecular flexibility index (Phi) is 4.39. The van der Waals surface area contributed by atoms with Gasteiger partial charge in [-0.1, -0.05) is 18.2 Å². The summed E-state index contributed by atoms with van der Waals surface area (Å²) in [6.45, 7) is 0.0111. The van der Waals surface area contributed by atoms with Crippen molar-refractivity contribution in [2.24, 2.45) is 0 Å². The van der Waals surface area contributed by atoms with Gasteiger partial charge in [-0.3, -0.25) is 0 Å². The molecule has 0 N–H and O–H groups in total. The van der Waals surface area contributed by atoms with Gasteiger partial charge in [0.15, 0.2) is 0 Å². The van der Waals surface area contributed by atoms with Crippen LogP contribution in [-0.4, -0.2) is 10.4 Å². The molecule has 2 aromatic heterocycles. The van der Waals surface area contributed by atoms with Crippen LogP contribution in [0.5, 0.6) is 0 Å². The van der Waals surface area contributed by atoms with Crippen molar-refractivity contribution < 1.29 is 13.9 Å². The highest BCUT2D eigenvalue weighted by Crippen LogP contribution is 2.18. The SMILES string of the molecule is N#Cc1c(COC(=O)/C=C\c2ccc(F)cc2)cn2ccccc12. The average Bonchev–Trinajstić information content (AvgIpc) is 2.97. The van der Waals surface area contributed by atoms with Crippen molar-refractivity contribution in [2.75, 3.05) is 0 Å². The van der Waals surface area contributed by atoms with Gasteiger partial charge in [-0.2, -0.15) is 5.26 Å². The average molecular weight is 320 g/mol. The molecule has 0 saturated heterocycles. The highest BCUT2D eigenvalue weighted by Gasteiger charge is 2.11. The van der Waals surface area contributed by atoms with E-state index < -0.39 is 5.97 Å². The molecule has 0 bridgehead atoms. The molecule has 0 amide bonds. The lowest BCUT2D eigenvalue weighted by molar-refractivity contribution is -0.138. The molecule has 0 aliphatic heterocycles. The monoisotopic (exact) mass is 320 g/mol. The van der Waals surface area contributed by atoms with E-state index in [9.17, 15) is 14.4 Å². The summed E-state index contributed by atoms with van der Waals surface area (Å²) in [5, 5.41) is 9.30. The second-order valence-electron chi connectivity index (χ2n) is 5.13. The number of hydrogen-bond donors (Lipinski definition) is 0. The number of nitrogens with zero attached hydrogens (tertiary/aromatic N) is 2. The summed E-state index contributed by atoms with van der Waals surface area (Å²) in [6, 6.07) is 13.4. The zero-order valence-electron chi connectivity index (χ0n) is 12.6. The Morgan fingerprint density at radius 3 is 2.79 bits per heavy atom. The first-order valence-corrected chi connectivity index (χ1v) is 7.26. The first-order valence-electron chi connectivity index (χ1n) is 7.26. The number of hydrogen-bond acceptors (Lipinski definition) is 3. The second kappa shape index (κ2) is 6.80. The molecule has 0 saturated carbocycles. The van der Waals surface area contributed by atoms with Crippen molar-refractivity contribution in [2.45, 2.75) is 6.61 Å². The van der Waals surface area contributed by atoms with E-state index in [0.717, 1.165) is 5.52 Å². The van der Waals surface area contributed by atoms with E-state index in [1.54, 1.807) is 24.4 Å². The molecule has 0 radical (unpaired) electrons. The molecule has 2 heterocycles. The van der Waals surface area contributed by atoms with Crippen molar-refractivity contribution in [3.05, 3.63) is 83.4 Å². The van der Waals surface area contributed by atoms with E-state index in [-0.39, 0.29) is 12.4 Å².